The van der Waals surface area contributed by atoms with Crippen LogP contribution in [-0.4, -0.2) is 0 Å². The van der Waals surface area contributed by atoms with Gasteiger partial charge in [0, 0.05) is 39.0 Å². The van der Waals surface area contributed by atoms with E-state index in [2.05, 4.69) is 204 Å². The van der Waals surface area contributed by atoms with E-state index in [1.165, 1.54) is 11.1 Å². The van der Waals surface area contributed by atoms with Crippen molar-refractivity contribution in [1.82, 2.24) is 0 Å². The lowest BCUT2D eigenvalue weighted by molar-refractivity contribution is 0.669. The van der Waals surface area contributed by atoms with E-state index < -0.39 is 0 Å². The van der Waals surface area contributed by atoms with Gasteiger partial charge in [-0.1, -0.05) is 146 Å². The Hall–Kier alpha value is -6.84. The Morgan fingerprint density at radius 2 is 0.745 bits per heavy atom. The van der Waals surface area contributed by atoms with Crippen molar-refractivity contribution in [3.05, 3.63) is 206 Å². The number of para-hydroxylation sites is 6. The van der Waals surface area contributed by atoms with Gasteiger partial charge in [0.15, 0.2) is 5.58 Å². The Morgan fingerprint density at radius 3 is 1.39 bits per heavy atom. The molecule has 0 unspecified atom stereocenters. The molecule has 0 fully saturated rings. The first-order valence-corrected chi connectivity index (χ1v) is 17.3. The molecule has 0 radical (unpaired) electrons. The third kappa shape index (κ3) is 5.61. The van der Waals surface area contributed by atoms with E-state index in [1.807, 2.05) is 12.1 Å². The van der Waals surface area contributed by atoms with Gasteiger partial charge in [0.1, 0.15) is 5.58 Å². The van der Waals surface area contributed by atoms with E-state index in [-0.39, 0.29) is 0 Å². The molecule has 9 aromatic rings. The fraction of sp³-hybridized carbons (Fsp3) is 0. The molecule has 0 aliphatic heterocycles. The van der Waals surface area contributed by atoms with E-state index in [9.17, 15) is 0 Å². The van der Waals surface area contributed by atoms with Gasteiger partial charge < -0.3 is 14.2 Å². The lowest BCUT2D eigenvalue weighted by atomic mass is 9.98. The minimum Gasteiger partial charge on any atom is -0.454 e. The van der Waals surface area contributed by atoms with Crippen LogP contribution in [0.3, 0.4) is 0 Å². The molecular formula is C48H34N2O. The van der Waals surface area contributed by atoms with Gasteiger partial charge >= 0.3 is 0 Å². The zero-order valence-corrected chi connectivity index (χ0v) is 27.9. The van der Waals surface area contributed by atoms with Crippen molar-refractivity contribution in [3.8, 4) is 22.3 Å². The maximum absolute atomic E-state index is 6.67. The summed E-state index contributed by atoms with van der Waals surface area (Å²) < 4.78 is 6.67. The Balaban J connectivity index is 1.28. The van der Waals surface area contributed by atoms with E-state index in [4.69, 9.17) is 4.42 Å². The van der Waals surface area contributed by atoms with Gasteiger partial charge in [0.2, 0.25) is 0 Å². The highest BCUT2D eigenvalue weighted by Crippen LogP contribution is 2.48. The summed E-state index contributed by atoms with van der Waals surface area (Å²) in [5.74, 6) is 0. The molecule has 0 atom stereocenters. The summed E-state index contributed by atoms with van der Waals surface area (Å²) in [6.45, 7) is 0. The predicted molar refractivity (Wildman–Crippen MR) is 214 cm³/mol. The second-order valence-electron chi connectivity index (χ2n) is 12.5. The van der Waals surface area contributed by atoms with Crippen molar-refractivity contribution in [2.45, 2.75) is 0 Å². The van der Waals surface area contributed by atoms with Crippen molar-refractivity contribution in [2.75, 3.05) is 9.80 Å². The first kappa shape index (κ1) is 30.2. The predicted octanol–water partition coefficient (Wildman–Crippen LogP) is 13.9. The number of rotatable bonds is 8. The van der Waals surface area contributed by atoms with Crippen LogP contribution in [0, 0.1) is 0 Å². The molecule has 0 spiro atoms. The Kier molecular flexibility index (Phi) is 7.84. The SMILES string of the molecule is c1ccc(-c2ccc(N(c3ccccc3-c3ccccc3N(c3ccccc3)c3ccccc3)c3cccc4c3oc3ccccc34)cc2)cc1. The number of fused-ring (bicyclic) bond motifs is 3. The molecule has 0 aliphatic carbocycles. The third-order valence-electron chi connectivity index (χ3n) is 9.47. The Morgan fingerprint density at radius 1 is 0.294 bits per heavy atom. The summed E-state index contributed by atoms with van der Waals surface area (Å²) in [6.07, 6.45) is 0. The summed E-state index contributed by atoms with van der Waals surface area (Å²) in [5.41, 5.74) is 12.6. The van der Waals surface area contributed by atoms with Crippen LogP contribution in [0.15, 0.2) is 211 Å². The van der Waals surface area contributed by atoms with Crippen LogP contribution in [0.25, 0.3) is 44.2 Å². The molecule has 1 heterocycles. The van der Waals surface area contributed by atoms with Gasteiger partial charge in [-0.25, -0.2) is 0 Å². The number of furan rings is 1. The van der Waals surface area contributed by atoms with Gasteiger partial charge in [-0.3, -0.25) is 0 Å². The van der Waals surface area contributed by atoms with Crippen molar-refractivity contribution < 1.29 is 4.42 Å². The minimum absolute atomic E-state index is 0.851. The molecule has 0 amide bonds. The number of hydrogen-bond acceptors (Lipinski definition) is 3. The molecule has 0 saturated heterocycles. The topological polar surface area (TPSA) is 19.6 Å². The van der Waals surface area contributed by atoms with E-state index in [0.717, 1.165) is 67.2 Å². The zero-order chi connectivity index (χ0) is 34.0. The minimum atomic E-state index is 0.851. The van der Waals surface area contributed by atoms with Crippen LogP contribution in [-0.2, 0) is 0 Å². The summed E-state index contributed by atoms with van der Waals surface area (Å²) in [5, 5.41) is 2.19. The Bertz CT molecular complexity index is 2540. The summed E-state index contributed by atoms with van der Waals surface area (Å²) in [4.78, 5) is 4.69. The Labute approximate surface area is 297 Å². The van der Waals surface area contributed by atoms with Crippen molar-refractivity contribution in [1.29, 1.82) is 0 Å². The van der Waals surface area contributed by atoms with Crippen LogP contribution in [0.5, 0.6) is 0 Å². The second-order valence-corrected chi connectivity index (χ2v) is 12.5. The highest BCUT2D eigenvalue weighted by molar-refractivity contribution is 6.11. The first-order valence-electron chi connectivity index (χ1n) is 17.3. The molecule has 0 bridgehead atoms. The molecule has 0 aliphatic rings. The van der Waals surface area contributed by atoms with Crippen LogP contribution in [0.2, 0.25) is 0 Å². The third-order valence-corrected chi connectivity index (χ3v) is 9.47. The molecule has 9 rings (SSSR count). The van der Waals surface area contributed by atoms with Gasteiger partial charge in [0.05, 0.1) is 17.1 Å². The van der Waals surface area contributed by atoms with Crippen LogP contribution >= 0.6 is 0 Å². The summed E-state index contributed by atoms with van der Waals surface area (Å²) in [6, 6.07) is 72.7. The smallest absolute Gasteiger partial charge is 0.159 e. The number of anilines is 6. The first-order chi connectivity index (χ1) is 25.3. The van der Waals surface area contributed by atoms with E-state index in [1.54, 1.807) is 0 Å². The van der Waals surface area contributed by atoms with Crippen LogP contribution in [0.1, 0.15) is 0 Å². The summed E-state index contributed by atoms with van der Waals surface area (Å²) >= 11 is 0. The quantitative estimate of drug-likeness (QED) is 0.163. The number of benzene rings is 8. The lowest BCUT2D eigenvalue weighted by Crippen LogP contribution is -2.13. The second kappa shape index (κ2) is 13.2. The van der Waals surface area contributed by atoms with E-state index >= 15 is 0 Å². The van der Waals surface area contributed by atoms with Crippen LogP contribution in [0.4, 0.5) is 34.1 Å². The molecule has 3 nitrogen and oxygen atoms in total. The van der Waals surface area contributed by atoms with Crippen LogP contribution < -0.4 is 9.80 Å². The average Bonchev–Trinajstić information content (AvgIpc) is 3.60. The zero-order valence-electron chi connectivity index (χ0n) is 27.9. The molecular weight excluding hydrogens is 621 g/mol. The standard InChI is InChI=1S/C48H34N2O/c1-4-17-35(18-5-1)36-31-33-39(34-32-36)50(46-29-16-26-43-42-25-12-15-30-47(42)51-48(43)46)45-28-14-11-24-41(45)40-23-10-13-27-44(40)49(37-19-6-2-7-20-37)38-21-8-3-9-22-38/h1-34H. The summed E-state index contributed by atoms with van der Waals surface area (Å²) in [7, 11) is 0. The number of nitrogens with zero attached hydrogens (tertiary/aromatic N) is 2. The van der Waals surface area contributed by atoms with Crippen molar-refractivity contribution in [3.63, 3.8) is 0 Å². The molecule has 0 saturated carbocycles. The molecule has 1 aromatic heterocycles. The van der Waals surface area contributed by atoms with Crippen molar-refractivity contribution in [2.24, 2.45) is 0 Å². The highest BCUT2D eigenvalue weighted by atomic mass is 16.3. The van der Waals surface area contributed by atoms with Gasteiger partial charge in [-0.15, -0.1) is 0 Å². The van der Waals surface area contributed by atoms with E-state index in [0.29, 0.717) is 0 Å². The van der Waals surface area contributed by atoms with Gasteiger partial charge in [-0.05, 0) is 71.8 Å². The maximum Gasteiger partial charge on any atom is 0.159 e. The molecule has 3 heteroatoms. The fourth-order valence-corrected chi connectivity index (χ4v) is 7.12. The molecule has 242 valence electrons. The molecule has 8 aromatic carbocycles. The fourth-order valence-electron chi connectivity index (χ4n) is 7.12. The molecule has 0 N–H and O–H groups in total. The van der Waals surface area contributed by atoms with Gasteiger partial charge in [0.25, 0.3) is 0 Å². The maximum atomic E-state index is 6.67. The largest absolute Gasteiger partial charge is 0.454 e. The molecule has 51 heavy (non-hydrogen) atoms. The highest BCUT2D eigenvalue weighted by Gasteiger charge is 2.24. The normalized spacial score (nSPS) is 11.1. The monoisotopic (exact) mass is 654 g/mol. The number of hydrogen-bond donors (Lipinski definition) is 0. The van der Waals surface area contributed by atoms with Gasteiger partial charge in [-0.2, -0.15) is 0 Å². The van der Waals surface area contributed by atoms with Crippen molar-refractivity contribution >= 4 is 56.1 Å². The lowest BCUT2D eigenvalue weighted by Gasteiger charge is -2.31. The average molecular weight is 655 g/mol.